The molecule has 5 N–H and O–H groups in total. The van der Waals surface area contributed by atoms with Crippen molar-refractivity contribution in [3.05, 3.63) is 47.1 Å². The van der Waals surface area contributed by atoms with Crippen LogP contribution in [-0.4, -0.2) is 92.9 Å². The van der Waals surface area contributed by atoms with Gasteiger partial charge in [-0.15, -0.1) is 0 Å². The first kappa shape index (κ1) is 39.7. The lowest BCUT2D eigenvalue weighted by molar-refractivity contribution is -0.112. The molecule has 1 aliphatic rings. The molecule has 0 saturated heterocycles. The van der Waals surface area contributed by atoms with Crippen LogP contribution in [0.1, 0.15) is 66.4 Å². The lowest BCUT2D eigenvalue weighted by Crippen LogP contribution is -2.38. The van der Waals surface area contributed by atoms with Gasteiger partial charge in [-0.1, -0.05) is 32.9 Å². The first-order valence-electron chi connectivity index (χ1n) is 16.5. The molecule has 1 aliphatic heterocycles. The number of primary amides is 1. The molecule has 0 unspecified atom stereocenters. The molecule has 2 rings (SSSR count). The number of rotatable bonds is 9. The summed E-state index contributed by atoms with van der Waals surface area (Å²) in [4.78, 5) is 39.7. The minimum Gasteiger partial charge on any atom is -0.439 e. The van der Waals surface area contributed by atoms with Crippen LogP contribution >= 0.6 is 0 Å². The van der Waals surface area contributed by atoms with E-state index in [9.17, 15) is 19.5 Å². The van der Waals surface area contributed by atoms with Crippen LogP contribution in [0.3, 0.4) is 0 Å². The topological polar surface area (TPSA) is 162 Å². The molecule has 1 aromatic rings. The molecule has 0 spiro atoms. The van der Waals surface area contributed by atoms with Gasteiger partial charge in [0.15, 0.2) is 6.10 Å². The second-order valence-electron chi connectivity index (χ2n) is 12.3. The molecular formula is C35H56N4O8. The molecule has 1 aromatic carbocycles. The molecule has 0 aliphatic carbocycles. The van der Waals surface area contributed by atoms with Gasteiger partial charge in [0.05, 0.1) is 18.3 Å². The Kier molecular flexibility index (Phi) is 16.9. The van der Waals surface area contributed by atoms with Gasteiger partial charge in [-0.3, -0.25) is 4.79 Å². The summed E-state index contributed by atoms with van der Waals surface area (Å²) in [6.07, 6.45) is 1.52. The molecule has 1 heterocycles. The number of allylic oxidation sites excluding steroid dienone is 1. The van der Waals surface area contributed by atoms with Gasteiger partial charge >= 0.3 is 12.2 Å². The number of aliphatic hydroxyl groups is 1. The van der Waals surface area contributed by atoms with Crippen LogP contribution in [0.4, 0.5) is 15.3 Å². The number of hydrogen-bond donors (Lipinski definition) is 4. The number of hydrogen-bond acceptors (Lipinski definition) is 9. The van der Waals surface area contributed by atoms with E-state index in [-0.39, 0.29) is 17.7 Å². The number of ether oxygens (including phenoxy) is 4. The van der Waals surface area contributed by atoms with Crippen molar-refractivity contribution < 1.29 is 38.4 Å². The van der Waals surface area contributed by atoms with Crippen LogP contribution in [0.25, 0.3) is 0 Å². The molecule has 2 bridgehead atoms. The van der Waals surface area contributed by atoms with Crippen LogP contribution in [-0.2, 0) is 25.4 Å². The minimum absolute atomic E-state index is 0.0427. The number of fused-ring (bicyclic) bond motifs is 2. The van der Waals surface area contributed by atoms with E-state index >= 15 is 0 Å². The summed E-state index contributed by atoms with van der Waals surface area (Å²) in [5.41, 5.74) is 7.92. The Labute approximate surface area is 280 Å². The monoisotopic (exact) mass is 660 g/mol. The van der Waals surface area contributed by atoms with Crippen molar-refractivity contribution >= 4 is 23.8 Å². The molecule has 3 amide bonds. The molecule has 0 saturated carbocycles. The third kappa shape index (κ3) is 12.9. The number of amides is 3. The highest BCUT2D eigenvalue weighted by atomic mass is 16.6. The maximum absolute atomic E-state index is 13.3. The zero-order chi connectivity index (χ0) is 35.1. The van der Waals surface area contributed by atoms with E-state index in [1.54, 1.807) is 31.1 Å². The quantitative estimate of drug-likeness (QED) is 0.215. The number of benzene rings is 1. The predicted octanol–water partition coefficient (Wildman–Crippen LogP) is 4.80. The Morgan fingerprint density at radius 2 is 1.81 bits per heavy atom. The third-order valence-corrected chi connectivity index (χ3v) is 8.44. The van der Waals surface area contributed by atoms with E-state index in [0.717, 1.165) is 12.1 Å². The van der Waals surface area contributed by atoms with E-state index in [1.807, 2.05) is 45.9 Å². The van der Waals surface area contributed by atoms with Gasteiger partial charge in [0.2, 0.25) is 0 Å². The standard InChI is InChI=1S/C35H56N4O8/c1-9-37-14-15-39(10-2)35(43)46-28-20-26-16-22(3)17-30(45-8)31(40)24(5)18-25(6)32(47-34(36)42)29(44-7)13-11-12-23(4)33(41)38-27(19-26)21-28/h12,18-22,24,29-32,37,40H,9-11,13-17H2,1-8H3,(H2,36,42)(H,38,41)/t22-,24+,29+,30+,31-,32+/m1/s1. The fraction of sp³-hybridized carbons (Fsp3) is 0.629. The van der Waals surface area contributed by atoms with Crippen molar-refractivity contribution in [2.75, 3.05) is 45.7 Å². The molecule has 12 nitrogen and oxygen atoms in total. The summed E-state index contributed by atoms with van der Waals surface area (Å²) in [7, 11) is 3.09. The molecule has 12 heteroatoms. The number of anilines is 1. The highest BCUT2D eigenvalue weighted by Gasteiger charge is 2.30. The number of likely N-dealkylation sites (N-methyl/N-ethyl adjacent to an activating group) is 2. The Bertz CT molecular complexity index is 1240. The highest BCUT2D eigenvalue weighted by Crippen LogP contribution is 2.28. The molecule has 0 aromatic heterocycles. The molecular weight excluding hydrogens is 604 g/mol. The Balaban J connectivity index is 2.50. The summed E-state index contributed by atoms with van der Waals surface area (Å²) < 4.78 is 22.7. The molecule has 0 fully saturated rings. The lowest BCUT2D eigenvalue weighted by Gasteiger charge is -2.30. The summed E-state index contributed by atoms with van der Waals surface area (Å²) in [6, 6.07) is 5.32. The number of carbonyl (C=O) groups is 3. The van der Waals surface area contributed by atoms with E-state index in [1.165, 1.54) is 7.11 Å². The Morgan fingerprint density at radius 1 is 1.11 bits per heavy atom. The highest BCUT2D eigenvalue weighted by molar-refractivity contribution is 6.03. The second kappa shape index (κ2) is 20.0. The first-order valence-corrected chi connectivity index (χ1v) is 16.5. The van der Waals surface area contributed by atoms with Crippen molar-refractivity contribution in [1.82, 2.24) is 10.2 Å². The van der Waals surface area contributed by atoms with Crippen LogP contribution < -0.4 is 21.1 Å². The van der Waals surface area contributed by atoms with E-state index in [0.29, 0.717) is 67.9 Å². The van der Waals surface area contributed by atoms with Crippen LogP contribution in [0.2, 0.25) is 0 Å². The zero-order valence-electron chi connectivity index (χ0n) is 29.3. The largest absolute Gasteiger partial charge is 0.439 e. The van der Waals surface area contributed by atoms with Crippen molar-refractivity contribution in [1.29, 1.82) is 0 Å². The summed E-state index contributed by atoms with van der Waals surface area (Å²) in [5, 5.41) is 17.5. The fourth-order valence-corrected chi connectivity index (χ4v) is 5.81. The van der Waals surface area contributed by atoms with Crippen LogP contribution in [0, 0.1) is 11.8 Å². The summed E-state index contributed by atoms with van der Waals surface area (Å²) in [6.45, 7) is 13.8. The van der Waals surface area contributed by atoms with Crippen LogP contribution in [0.5, 0.6) is 5.75 Å². The lowest BCUT2D eigenvalue weighted by atomic mass is 9.88. The van der Waals surface area contributed by atoms with Gasteiger partial charge < -0.3 is 45.3 Å². The number of nitrogens with two attached hydrogens (primary N) is 1. The fourth-order valence-electron chi connectivity index (χ4n) is 5.81. The number of methoxy groups -OCH3 is 2. The van der Waals surface area contributed by atoms with Gasteiger partial charge in [0.25, 0.3) is 5.91 Å². The zero-order valence-corrected chi connectivity index (χ0v) is 29.3. The van der Waals surface area contributed by atoms with E-state index < -0.39 is 36.6 Å². The van der Waals surface area contributed by atoms with Gasteiger partial charge in [-0.2, -0.15) is 0 Å². The van der Waals surface area contributed by atoms with Crippen molar-refractivity contribution in [3.63, 3.8) is 0 Å². The smallest absolute Gasteiger partial charge is 0.415 e. The van der Waals surface area contributed by atoms with Gasteiger partial charge in [-0.25, -0.2) is 9.59 Å². The SMILES string of the molecule is CCNCCN(CC)C(=O)Oc1cc2cc(c1)NC(=O)C(C)=CCC[C@H](OC)[C@@H](OC(N)=O)C(C)=C[C@H](C)[C@@H](O)[C@@H](OC)C[C@H](C)C2. The predicted molar refractivity (Wildman–Crippen MR) is 182 cm³/mol. The number of nitrogens with zero attached hydrogens (tertiary/aromatic N) is 1. The number of carbonyl (C=O) groups excluding carboxylic acids is 3. The molecule has 6 atom stereocenters. The third-order valence-electron chi connectivity index (χ3n) is 8.44. The maximum atomic E-state index is 13.3. The molecule has 47 heavy (non-hydrogen) atoms. The van der Waals surface area contributed by atoms with Gasteiger partial charge in [-0.05, 0) is 82.2 Å². The summed E-state index contributed by atoms with van der Waals surface area (Å²) in [5.74, 6) is -0.290. The maximum Gasteiger partial charge on any atom is 0.415 e. The molecule has 0 radical (unpaired) electrons. The Hall–Kier alpha value is -3.45. The van der Waals surface area contributed by atoms with E-state index in [4.69, 9.17) is 24.7 Å². The van der Waals surface area contributed by atoms with Gasteiger partial charge in [0, 0.05) is 57.1 Å². The number of aliphatic hydroxyl groups excluding tert-OH is 1. The van der Waals surface area contributed by atoms with Crippen molar-refractivity contribution in [3.8, 4) is 5.75 Å². The average Bonchev–Trinajstić information content (AvgIpc) is 3.01. The average molecular weight is 661 g/mol. The minimum atomic E-state index is -0.936. The van der Waals surface area contributed by atoms with E-state index in [2.05, 4.69) is 17.6 Å². The van der Waals surface area contributed by atoms with Crippen LogP contribution in [0.15, 0.2) is 41.5 Å². The van der Waals surface area contributed by atoms with Gasteiger partial charge in [0.1, 0.15) is 5.75 Å². The normalized spacial score (nSPS) is 24.8. The Morgan fingerprint density at radius 3 is 2.43 bits per heavy atom. The van der Waals surface area contributed by atoms with Crippen molar-refractivity contribution in [2.24, 2.45) is 17.6 Å². The number of nitrogens with one attached hydrogen (secondary N) is 2. The first-order chi connectivity index (χ1) is 22.3. The molecule has 264 valence electrons. The summed E-state index contributed by atoms with van der Waals surface area (Å²) >= 11 is 0. The van der Waals surface area contributed by atoms with Crippen molar-refractivity contribution in [2.45, 2.75) is 91.6 Å². The second-order valence-corrected chi connectivity index (χ2v) is 12.3.